The maximum absolute atomic E-state index is 14.9. The average molecular weight is 1000 g/mol. The Kier molecular flexibility index (Phi) is 17.2. The molecule has 72 heavy (non-hydrogen) atoms. The number of Topliss-reactive ketones (excluding diaryl/α,β-unsaturated/α-hetero) is 1. The monoisotopic (exact) mass is 1000 g/mol. The van der Waals surface area contributed by atoms with E-state index in [0.717, 1.165) is 65.8 Å². The molecule has 4 unspecified atom stereocenters. The highest BCUT2D eigenvalue weighted by molar-refractivity contribution is 6.19. The lowest BCUT2D eigenvalue weighted by Gasteiger charge is -2.42. The molecule has 396 valence electrons. The number of carbonyl (C=O) groups is 3. The summed E-state index contributed by atoms with van der Waals surface area (Å²) in [6, 6.07) is 0.520. The number of rotatable bonds is 4. The van der Waals surface area contributed by atoms with Gasteiger partial charge in [0.2, 0.25) is 0 Å². The Labute approximate surface area is 425 Å². The Hall–Kier alpha value is -5.07. The van der Waals surface area contributed by atoms with E-state index < -0.39 is 53.1 Å². The number of likely N-dealkylation sites (tertiary alicyclic amines) is 2. The number of phenolic OH excluding ortho intramolecular Hbond substituents is 2. The number of piperidine rings is 2. The van der Waals surface area contributed by atoms with Crippen molar-refractivity contribution in [1.82, 2.24) is 19.6 Å². The molecule has 2 aromatic carbocycles. The van der Waals surface area contributed by atoms with Crippen molar-refractivity contribution in [2.24, 2.45) is 39.6 Å². The number of hydrogen-bond donors (Lipinski definition) is 5. The van der Waals surface area contributed by atoms with E-state index in [2.05, 4.69) is 47.8 Å². The van der Waals surface area contributed by atoms with E-state index in [1.54, 1.807) is 30.9 Å². The summed E-state index contributed by atoms with van der Waals surface area (Å²) in [7, 11) is 3.16. The molecule has 0 aromatic heterocycles. The third-order valence-electron chi connectivity index (χ3n) is 15.9. The van der Waals surface area contributed by atoms with Crippen molar-refractivity contribution in [2.75, 3.05) is 78.4 Å². The molecule has 2 aromatic rings. The molecule has 17 heteroatoms. The van der Waals surface area contributed by atoms with Gasteiger partial charge in [-0.05, 0) is 89.4 Å². The first-order valence-electron chi connectivity index (χ1n) is 26.2. The molecular weight excluding hydrogens is 919 g/mol. The van der Waals surface area contributed by atoms with Crippen LogP contribution in [0.2, 0.25) is 0 Å². The van der Waals surface area contributed by atoms with Gasteiger partial charge >= 0.3 is 11.9 Å². The lowest BCUT2D eigenvalue weighted by Crippen LogP contribution is -2.55. The molecule has 7 aliphatic rings. The van der Waals surface area contributed by atoms with Gasteiger partial charge in [0.1, 0.15) is 28.6 Å². The lowest BCUT2D eigenvalue weighted by atomic mass is 9.80. The van der Waals surface area contributed by atoms with Crippen LogP contribution in [0.1, 0.15) is 110 Å². The van der Waals surface area contributed by atoms with E-state index in [1.807, 2.05) is 32.9 Å². The topological polar surface area (TPSA) is 210 Å². The van der Waals surface area contributed by atoms with E-state index in [-0.39, 0.29) is 67.6 Å². The number of nitrogens with zero attached hydrogens (tertiary/aromatic N) is 6. The van der Waals surface area contributed by atoms with E-state index >= 15 is 0 Å². The number of amides is 2. The summed E-state index contributed by atoms with van der Waals surface area (Å²) in [5.41, 5.74) is -0.279. The van der Waals surface area contributed by atoms with E-state index in [1.165, 1.54) is 13.2 Å². The molecular formula is C55H81N7O10. The molecule has 5 bridgehead atoms. The molecule has 1 spiro atoms. The number of ether oxygens (including phenoxy) is 3. The zero-order valence-electron chi connectivity index (χ0n) is 44.5. The molecule has 2 amide bonds. The van der Waals surface area contributed by atoms with Crippen molar-refractivity contribution < 1.29 is 49.0 Å². The fourth-order valence-electron chi connectivity index (χ4n) is 11.6. The van der Waals surface area contributed by atoms with Gasteiger partial charge in [0.25, 0.3) is 11.7 Å². The second-order valence-corrected chi connectivity index (χ2v) is 22.0. The first-order chi connectivity index (χ1) is 34.2. The van der Waals surface area contributed by atoms with Crippen molar-refractivity contribution in [1.29, 1.82) is 0 Å². The van der Waals surface area contributed by atoms with E-state index in [4.69, 9.17) is 29.3 Å². The molecule has 17 nitrogen and oxygen atoms in total. The summed E-state index contributed by atoms with van der Waals surface area (Å²) in [6.07, 6.45) is 11.2. The third kappa shape index (κ3) is 11.2. The van der Waals surface area contributed by atoms with Gasteiger partial charge in [-0.15, -0.1) is 0 Å². The number of hydrogen-bond acceptors (Lipinski definition) is 15. The van der Waals surface area contributed by atoms with Gasteiger partial charge in [0.05, 0.1) is 28.7 Å². The number of anilines is 1. The Bertz CT molecular complexity index is 2560. The van der Waals surface area contributed by atoms with Crippen molar-refractivity contribution in [2.45, 2.75) is 131 Å². The summed E-state index contributed by atoms with van der Waals surface area (Å²) < 4.78 is 19.0. The second kappa shape index (κ2) is 22.6. The SMILES string of the molecule is C/C1=C/C=C/C(C)C[C@@H](C)C(O)[C@@H](C)C(OC(=O)N2CCN(C3CCN(C)CC3)CC2)[C@H](C)C/C=C/OC2(C)Oc3c(C)c(O)c4c(O)c(c5c(c4c3C2=O)=NC2(CCN(CC(C)C)CC2)N=5)NC1=O.CO. The van der Waals surface area contributed by atoms with Gasteiger partial charge in [0.15, 0.2) is 11.4 Å². The van der Waals surface area contributed by atoms with Crippen LogP contribution in [0.5, 0.6) is 17.2 Å². The zero-order valence-corrected chi connectivity index (χ0v) is 44.5. The Balaban J connectivity index is 0.00000376. The lowest BCUT2D eigenvalue weighted by molar-refractivity contribution is -0.112. The summed E-state index contributed by atoms with van der Waals surface area (Å²) in [5, 5.41) is 46.6. The Morgan fingerprint density at radius 2 is 1.57 bits per heavy atom. The first kappa shape index (κ1) is 54.7. The van der Waals surface area contributed by atoms with Crippen LogP contribution in [-0.2, 0) is 14.3 Å². The van der Waals surface area contributed by atoms with Crippen LogP contribution in [0.15, 0.2) is 46.1 Å². The molecule has 0 aliphatic carbocycles. The van der Waals surface area contributed by atoms with Gasteiger partial charge in [-0.3, -0.25) is 24.5 Å². The number of fused-ring (bicyclic) bond motifs is 13. The predicted molar refractivity (Wildman–Crippen MR) is 277 cm³/mol. The highest BCUT2D eigenvalue weighted by Crippen LogP contribution is 2.50. The fourth-order valence-corrected chi connectivity index (χ4v) is 11.6. The van der Waals surface area contributed by atoms with Gasteiger partial charge < -0.3 is 54.7 Å². The zero-order chi connectivity index (χ0) is 52.4. The van der Waals surface area contributed by atoms with Crippen LogP contribution < -0.4 is 20.8 Å². The third-order valence-corrected chi connectivity index (χ3v) is 15.9. The van der Waals surface area contributed by atoms with Crippen molar-refractivity contribution in [3.05, 3.63) is 58.0 Å². The summed E-state index contributed by atoms with van der Waals surface area (Å²) >= 11 is 0. The van der Waals surface area contributed by atoms with Crippen LogP contribution in [0, 0.1) is 36.5 Å². The number of aliphatic hydroxyl groups is 2. The summed E-state index contributed by atoms with van der Waals surface area (Å²) in [4.78, 5) is 62.3. The molecule has 7 aliphatic heterocycles. The van der Waals surface area contributed by atoms with Crippen LogP contribution >= 0.6 is 0 Å². The molecule has 9 rings (SSSR count). The van der Waals surface area contributed by atoms with Gasteiger partial charge in [-0.1, -0.05) is 59.8 Å². The van der Waals surface area contributed by atoms with Crippen molar-refractivity contribution in [3.63, 3.8) is 0 Å². The van der Waals surface area contributed by atoms with Crippen LogP contribution in [0.4, 0.5) is 10.5 Å². The van der Waals surface area contributed by atoms with Gasteiger partial charge in [0, 0.05) is 101 Å². The average Bonchev–Trinajstić information content (AvgIpc) is 3.86. The predicted octanol–water partition coefficient (Wildman–Crippen LogP) is 6.05. The maximum atomic E-state index is 14.9. The molecule has 3 saturated heterocycles. The number of aromatic hydroxyl groups is 2. The minimum atomic E-state index is -1.88. The maximum Gasteiger partial charge on any atom is 0.410 e. The highest BCUT2D eigenvalue weighted by atomic mass is 16.7. The Morgan fingerprint density at radius 1 is 0.917 bits per heavy atom. The Morgan fingerprint density at radius 3 is 2.22 bits per heavy atom. The number of carbonyl (C=O) groups excluding carboxylic acids is 3. The fraction of sp³-hybridized carbons (Fsp3) is 0.655. The number of allylic oxidation sites excluding steroid dienone is 4. The first-order valence-corrected chi connectivity index (χ1v) is 26.2. The minimum absolute atomic E-state index is 0.000807. The normalized spacial score (nSPS) is 30.6. The molecule has 3 fully saturated rings. The standard InChI is InChI=1S/C54H77N7O9.CH4O/c1-31(2)30-59-22-18-54(19-23-59)56-42-39-40-46(63)37(8)49-41(39)50(65)53(9,70-49)68-28-12-15-33(4)48(69-52(67)61-26-24-60(25-27-61)38-16-20-58(10)21-17-38)36(7)45(62)35(6)29-32(3)13-11-14-34(5)51(66)55-44(47(40)64)43(42)57-54;1-2/h11-14,28,31-33,35-36,38,45,48,62-64H,15-27,29-30H2,1-10H3,(H,55,66);2H,1H3/b13-11+,28-12+,34-14-;/t32?,33-,35-,36-,45?,48?,53?;/m1./s1. The second-order valence-electron chi connectivity index (χ2n) is 22.0. The number of nitrogens with one attached hydrogen (secondary N) is 1. The summed E-state index contributed by atoms with van der Waals surface area (Å²) in [6.45, 7) is 24.4. The van der Waals surface area contributed by atoms with Crippen LogP contribution in [0.3, 0.4) is 0 Å². The molecule has 7 atom stereocenters. The molecule has 0 saturated carbocycles. The number of aliphatic hydroxyl groups excluding tert-OH is 2. The van der Waals surface area contributed by atoms with Crippen LogP contribution in [-0.4, -0.2) is 161 Å². The van der Waals surface area contributed by atoms with Gasteiger partial charge in [-0.25, -0.2) is 4.79 Å². The largest absolute Gasteiger partial charge is 0.507 e. The molecule has 7 heterocycles. The quantitative estimate of drug-likeness (QED) is 0.222. The molecule has 5 N–H and O–H groups in total. The van der Waals surface area contributed by atoms with E-state index in [0.29, 0.717) is 56.3 Å². The van der Waals surface area contributed by atoms with E-state index in [9.17, 15) is 29.7 Å². The van der Waals surface area contributed by atoms with Crippen molar-refractivity contribution in [3.8, 4) is 17.2 Å². The van der Waals surface area contributed by atoms with Crippen LogP contribution in [0.25, 0.3) is 10.8 Å². The smallest absolute Gasteiger partial charge is 0.410 e. The number of benzene rings is 2. The van der Waals surface area contributed by atoms with Crippen molar-refractivity contribution >= 4 is 34.2 Å². The highest BCUT2D eigenvalue weighted by Gasteiger charge is 2.50. The molecule has 0 radical (unpaired) electrons. The number of phenols is 2. The number of piperazine rings is 1. The summed E-state index contributed by atoms with van der Waals surface area (Å²) in [5.74, 6) is -3.97. The number of ketones is 1. The van der Waals surface area contributed by atoms with Gasteiger partial charge in [-0.2, -0.15) is 0 Å². The minimum Gasteiger partial charge on any atom is -0.507 e.